The second kappa shape index (κ2) is 7.34. The largest absolute Gasteiger partial charge is 0.477 e. The van der Waals surface area contributed by atoms with E-state index < -0.39 is 0 Å². The third kappa shape index (κ3) is 4.27. The van der Waals surface area contributed by atoms with Crippen molar-refractivity contribution in [1.82, 2.24) is 10.3 Å². The van der Waals surface area contributed by atoms with Crippen LogP contribution in [0.3, 0.4) is 0 Å². The van der Waals surface area contributed by atoms with Gasteiger partial charge in [-0.05, 0) is 31.4 Å². The van der Waals surface area contributed by atoms with Crippen LogP contribution in [0.1, 0.15) is 25.5 Å². The van der Waals surface area contributed by atoms with Gasteiger partial charge in [-0.15, -0.1) is 0 Å². The van der Waals surface area contributed by atoms with Gasteiger partial charge in [0, 0.05) is 25.8 Å². The molecule has 1 aliphatic rings. The van der Waals surface area contributed by atoms with Gasteiger partial charge in [0.1, 0.15) is 0 Å². The van der Waals surface area contributed by atoms with Gasteiger partial charge in [0.2, 0.25) is 5.88 Å². The maximum Gasteiger partial charge on any atom is 0.213 e. The number of pyridine rings is 1. The smallest absolute Gasteiger partial charge is 0.213 e. The van der Waals surface area contributed by atoms with Crippen LogP contribution in [0, 0.1) is 5.92 Å². The van der Waals surface area contributed by atoms with Crippen molar-refractivity contribution < 1.29 is 9.47 Å². The fourth-order valence-corrected chi connectivity index (χ4v) is 2.01. The van der Waals surface area contributed by atoms with Crippen molar-refractivity contribution in [3.8, 4) is 5.88 Å². The highest BCUT2D eigenvalue weighted by Crippen LogP contribution is 2.16. The number of hydrogen-bond acceptors (Lipinski definition) is 4. The summed E-state index contributed by atoms with van der Waals surface area (Å²) in [5.41, 5.74) is 1.03. The zero-order valence-electron chi connectivity index (χ0n) is 11.0. The molecule has 0 aromatic carbocycles. The van der Waals surface area contributed by atoms with Gasteiger partial charge in [-0.3, -0.25) is 0 Å². The maximum absolute atomic E-state index is 5.77. The van der Waals surface area contributed by atoms with Crippen molar-refractivity contribution >= 4 is 0 Å². The SMILES string of the molecule is CCNCc1cccc(OCC2CCOCC2)n1. The molecule has 2 rings (SSSR count). The molecule has 100 valence electrons. The second-order valence-corrected chi connectivity index (χ2v) is 4.61. The van der Waals surface area contributed by atoms with E-state index >= 15 is 0 Å². The molecule has 1 saturated heterocycles. The fourth-order valence-electron chi connectivity index (χ4n) is 2.01. The Morgan fingerprint density at radius 3 is 3.00 bits per heavy atom. The Morgan fingerprint density at radius 1 is 1.39 bits per heavy atom. The molecule has 0 bridgehead atoms. The van der Waals surface area contributed by atoms with Gasteiger partial charge < -0.3 is 14.8 Å². The summed E-state index contributed by atoms with van der Waals surface area (Å²) in [6.07, 6.45) is 2.19. The van der Waals surface area contributed by atoms with Gasteiger partial charge in [0.15, 0.2) is 0 Å². The van der Waals surface area contributed by atoms with Crippen molar-refractivity contribution in [3.05, 3.63) is 23.9 Å². The molecule has 1 aromatic heterocycles. The van der Waals surface area contributed by atoms with E-state index in [9.17, 15) is 0 Å². The van der Waals surface area contributed by atoms with Crippen molar-refractivity contribution in [2.24, 2.45) is 5.92 Å². The first-order chi connectivity index (χ1) is 8.88. The molecule has 0 amide bonds. The van der Waals surface area contributed by atoms with Crippen LogP contribution in [0.25, 0.3) is 0 Å². The van der Waals surface area contributed by atoms with Crippen LogP contribution in [-0.2, 0) is 11.3 Å². The van der Waals surface area contributed by atoms with Gasteiger partial charge >= 0.3 is 0 Å². The van der Waals surface area contributed by atoms with E-state index in [0.29, 0.717) is 5.92 Å². The fraction of sp³-hybridized carbons (Fsp3) is 0.643. The lowest BCUT2D eigenvalue weighted by Crippen LogP contribution is -2.21. The van der Waals surface area contributed by atoms with Crippen LogP contribution in [0.2, 0.25) is 0 Å². The Morgan fingerprint density at radius 2 is 2.22 bits per heavy atom. The molecule has 1 aliphatic heterocycles. The molecule has 0 aliphatic carbocycles. The Labute approximate surface area is 109 Å². The third-order valence-corrected chi connectivity index (χ3v) is 3.15. The number of ether oxygens (including phenoxy) is 2. The molecule has 4 heteroatoms. The van der Waals surface area contributed by atoms with Gasteiger partial charge in [0.05, 0.1) is 12.3 Å². The van der Waals surface area contributed by atoms with E-state index in [1.54, 1.807) is 0 Å². The standard InChI is InChI=1S/C14H22N2O2/c1-2-15-10-13-4-3-5-14(16-13)18-11-12-6-8-17-9-7-12/h3-5,12,15H,2,6-11H2,1H3. The highest BCUT2D eigenvalue weighted by Gasteiger charge is 2.14. The highest BCUT2D eigenvalue weighted by atomic mass is 16.5. The zero-order chi connectivity index (χ0) is 12.6. The van der Waals surface area contributed by atoms with Crippen LogP contribution in [-0.4, -0.2) is 31.3 Å². The lowest BCUT2D eigenvalue weighted by Gasteiger charge is -2.21. The zero-order valence-corrected chi connectivity index (χ0v) is 11.0. The number of rotatable bonds is 6. The Kier molecular flexibility index (Phi) is 5.42. The molecule has 1 fully saturated rings. The monoisotopic (exact) mass is 250 g/mol. The molecule has 4 nitrogen and oxygen atoms in total. The number of nitrogens with one attached hydrogen (secondary N) is 1. The topological polar surface area (TPSA) is 43.4 Å². The van der Waals surface area contributed by atoms with E-state index in [2.05, 4.69) is 17.2 Å². The molecule has 2 heterocycles. The summed E-state index contributed by atoms with van der Waals surface area (Å²) >= 11 is 0. The first-order valence-electron chi connectivity index (χ1n) is 6.75. The van der Waals surface area contributed by atoms with Crippen LogP contribution in [0.4, 0.5) is 0 Å². The summed E-state index contributed by atoms with van der Waals surface area (Å²) in [5.74, 6) is 1.34. The first kappa shape index (κ1) is 13.3. The second-order valence-electron chi connectivity index (χ2n) is 4.61. The van der Waals surface area contributed by atoms with Gasteiger partial charge in [0.25, 0.3) is 0 Å². The van der Waals surface area contributed by atoms with Crippen molar-refractivity contribution in [2.45, 2.75) is 26.3 Å². The molecule has 18 heavy (non-hydrogen) atoms. The predicted octanol–water partition coefficient (Wildman–Crippen LogP) is 2.00. The van der Waals surface area contributed by atoms with Gasteiger partial charge in [-0.25, -0.2) is 4.98 Å². The van der Waals surface area contributed by atoms with Crippen LogP contribution < -0.4 is 10.1 Å². The lowest BCUT2D eigenvalue weighted by atomic mass is 10.0. The normalized spacial score (nSPS) is 16.7. The first-order valence-corrected chi connectivity index (χ1v) is 6.75. The Hall–Kier alpha value is -1.13. The number of nitrogens with zero attached hydrogens (tertiary/aromatic N) is 1. The summed E-state index contributed by atoms with van der Waals surface area (Å²) in [6, 6.07) is 5.94. The highest BCUT2D eigenvalue weighted by molar-refractivity contribution is 5.15. The number of aromatic nitrogens is 1. The minimum absolute atomic E-state index is 0.609. The van der Waals surface area contributed by atoms with E-state index in [1.165, 1.54) is 0 Å². The molecular formula is C14H22N2O2. The van der Waals surface area contributed by atoms with Gasteiger partial charge in [-0.2, -0.15) is 0 Å². The summed E-state index contributed by atoms with van der Waals surface area (Å²) < 4.78 is 11.1. The van der Waals surface area contributed by atoms with Crippen molar-refractivity contribution in [3.63, 3.8) is 0 Å². The minimum atomic E-state index is 0.609. The van der Waals surface area contributed by atoms with E-state index in [4.69, 9.17) is 9.47 Å². The number of hydrogen-bond donors (Lipinski definition) is 1. The van der Waals surface area contributed by atoms with E-state index in [1.807, 2.05) is 18.2 Å². The summed E-state index contributed by atoms with van der Waals surface area (Å²) in [5, 5.41) is 3.26. The van der Waals surface area contributed by atoms with Crippen molar-refractivity contribution in [2.75, 3.05) is 26.4 Å². The Bertz CT molecular complexity index is 351. The van der Waals surface area contributed by atoms with Gasteiger partial charge in [-0.1, -0.05) is 13.0 Å². The van der Waals surface area contributed by atoms with E-state index in [-0.39, 0.29) is 0 Å². The van der Waals surface area contributed by atoms with E-state index in [0.717, 1.165) is 57.3 Å². The molecule has 0 unspecified atom stereocenters. The minimum Gasteiger partial charge on any atom is -0.477 e. The molecule has 0 spiro atoms. The Balaban J connectivity index is 1.80. The lowest BCUT2D eigenvalue weighted by molar-refractivity contribution is 0.0490. The summed E-state index contributed by atoms with van der Waals surface area (Å²) in [6.45, 7) is 6.32. The molecule has 0 saturated carbocycles. The molecule has 1 N–H and O–H groups in total. The van der Waals surface area contributed by atoms with Crippen molar-refractivity contribution in [1.29, 1.82) is 0 Å². The van der Waals surface area contributed by atoms with Crippen LogP contribution in [0.5, 0.6) is 5.88 Å². The van der Waals surface area contributed by atoms with Crippen LogP contribution in [0.15, 0.2) is 18.2 Å². The average molecular weight is 250 g/mol. The quantitative estimate of drug-likeness (QED) is 0.838. The molecule has 1 aromatic rings. The summed E-state index contributed by atoms with van der Waals surface area (Å²) in [7, 11) is 0. The summed E-state index contributed by atoms with van der Waals surface area (Å²) in [4.78, 5) is 4.48. The molecular weight excluding hydrogens is 228 g/mol. The third-order valence-electron chi connectivity index (χ3n) is 3.15. The predicted molar refractivity (Wildman–Crippen MR) is 70.7 cm³/mol. The molecule has 0 radical (unpaired) electrons. The molecule has 0 atom stereocenters. The average Bonchev–Trinajstić information content (AvgIpc) is 2.44. The maximum atomic E-state index is 5.77. The van der Waals surface area contributed by atoms with Crippen LogP contribution >= 0.6 is 0 Å².